The van der Waals surface area contributed by atoms with Crippen molar-refractivity contribution in [2.45, 2.75) is 30.1 Å². The van der Waals surface area contributed by atoms with E-state index in [4.69, 9.17) is 0 Å². The van der Waals surface area contributed by atoms with Gasteiger partial charge in [-0.2, -0.15) is 0 Å². The molecule has 0 aliphatic carbocycles. The molecule has 0 aromatic heterocycles. The Labute approximate surface area is 49.7 Å². The zero-order valence-electron chi connectivity index (χ0n) is 5.78. The van der Waals surface area contributed by atoms with E-state index in [1.807, 2.05) is 0 Å². The molecular formula is C6H15Ge. The maximum atomic E-state index is 4.16. The van der Waals surface area contributed by atoms with Crippen molar-refractivity contribution in [3.63, 3.8) is 0 Å². The van der Waals surface area contributed by atoms with Gasteiger partial charge in [-0.05, 0) is 0 Å². The predicted molar refractivity (Wildman–Crippen MR) is 37.9 cm³/mol. The number of hydrogen-bond donors (Lipinski definition) is 0. The van der Waals surface area contributed by atoms with E-state index in [9.17, 15) is 0 Å². The van der Waals surface area contributed by atoms with Crippen LogP contribution in [0.1, 0.15) is 13.8 Å². The third-order valence-electron chi connectivity index (χ3n) is 1.56. The van der Waals surface area contributed by atoms with Crippen molar-refractivity contribution in [1.29, 1.82) is 0 Å². The second-order valence-electron chi connectivity index (χ2n) is 3.14. The zero-order valence-corrected chi connectivity index (χ0v) is 7.88. The Morgan fingerprint density at radius 3 is 1.43 bits per heavy atom. The molecule has 0 fully saturated rings. The van der Waals surface area contributed by atoms with Crippen LogP contribution in [-0.2, 0) is 0 Å². The van der Waals surface area contributed by atoms with Gasteiger partial charge in [0.05, 0.1) is 0 Å². The molecule has 1 heteroatoms. The topological polar surface area (TPSA) is 0 Å². The molecule has 0 aliphatic heterocycles. The van der Waals surface area contributed by atoms with Crippen molar-refractivity contribution in [2.24, 2.45) is 0 Å². The summed E-state index contributed by atoms with van der Waals surface area (Å²) in [5.41, 5.74) is 0. The summed E-state index contributed by atoms with van der Waals surface area (Å²) in [6, 6.07) is 0. The fourth-order valence-electron chi connectivity index (χ4n) is 0. The van der Waals surface area contributed by atoms with Crippen molar-refractivity contribution in [1.82, 2.24) is 0 Å². The molecule has 0 amide bonds. The van der Waals surface area contributed by atoms with Gasteiger partial charge in [0.2, 0.25) is 0 Å². The second kappa shape index (κ2) is 2.21. The van der Waals surface area contributed by atoms with Crippen LogP contribution >= 0.6 is 0 Å². The van der Waals surface area contributed by atoms with Gasteiger partial charge >= 0.3 is 49.1 Å². The number of hydrogen-bond acceptors (Lipinski definition) is 0. The molecule has 0 spiro atoms. The Kier molecular flexibility index (Phi) is 2.38. The van der Waals surface area contributed by atoms with E-state index >= 15 is 0 Å². The minimum absolute atomic E-state index is 0.875. The molecule has 0 heterocycles. The molecule has 0 unspecified atom stereocenters. The summed E-state index contributed by atoms with van der Waals surface area (Å²) in [4.78, 5) is 0. The maximum absolute atomic E-state index is 4.16. The molecule has 0 aromatic rings. The van der Waals surface area contributed by atoms with Gasteiger partial charge in [-0.1, -0.05) is 0 Å². The van der Waals surface area contributed by atoms with E-state index in [2.05, 4.69) is 31.1 Å². The predicted octanol–water partition coefficient (Wildman–Crippen LogP) is 2.48. The molecule has 0 rings (SSSR count). The average molecular weight is 160 g/mol. The summed E-state index contributed by atoms with van der Waals surface area (Å²) in [7, 11) is 0. The summed E-state index contributed by atoms with van der Waals surface area (Å²) >= 11 is -1.42. The second-order valence-corrected chi connectivity index (χ2v) is 13.9. The normalized spacial score (nSPS) is 12.9. The van der Waals surface area contributed by atoms with Crippen molar-refractivity contribution in [3.8, 4) is 0 Å². The molecule has 0 saturated carbocycles. The molecule has 0 nitrogen and oxygen atoms in total. The van der Waals surface area contributed by atoms with E-state index in [-0.39, 0.29) is 0 Å². The Bertz CT molecular complexity index is 49.7. The summed E-state index contributed by atoms with van der Waals surface area (Å²) < 4.78 is 0.875. The fraction of sp³-hybridized carbons (Fsp3) is 0.833. The molecule has 43 valence electrons. The van der Waals surface area contributed by atoms with Crippen molar-refractivity contribution in [2.75, 3.05) is 0 Å². The molecule has 0 atom stereocenters. The molecule has 0 bridgehead atoms. The van der Waals surface area contributed by atoms with Gasteiger partial charge in [0, 0.05) is 0 Å². The van der Waals surface area contributed by atoms with Crippen LogP contribution in [0.4, 0.5) is 0 Å². The Balaban J connectivity index is 3.54. The molecule has 0 N–H and O–H groups in total. The first kappa shape index (κ1) is 7.54. The Morgan fingerprint density at radius 1 is 1.29 bits per heavy atom. The van der Waals surface area contributed by atoms with Crippen LogP contribution in [0, 0.1) is 5.76 Å². The molecule has 7 heavy (non-hydrogen) atoms. The first-order valence-corrected chi connectivity index (χ1v) is 9.69. The van der Waals surface area contributed by atoms with E-state index in [0.29, 0.717) is 0 Å². The average Bonchev–Trinajstić information content (AvgIpc) is 1.31. The third-order valence-corrected chi connectivity index (χ3v) is 8.12. The van der Waals surface area contributed by atoms with Crippen molar-refractivity contribution < 1.29 is 0 Å². The number of rotatable bonds is 1. The van der Waals surface area contributed by atoms with Gasteiger partial charge in [-0.25, -0.2) is 0 Å². The Morgan fingerprint density at radius 2 is 1.43 bits per heavy atom. The SMILES string of the molecule is [CH2][Ge]([CH3])([CH3])[CH](C)C. The standard InChI is InChI=1S/C6H15Ge/c1-6(2)7(3,4)5/h6H,3H2,1-2,4-5H3. The summed E-state index contributed by atoms with van der Waals surface area (Å²) in [5, 5.41) is 0. The van der Waals surface area contributed by atoms with Gasteiger partial charge in [0.25, 0.3) is 0 Å². The molecule has 0 aromatic carbocycles. The zero-order chi connectivity index (χ0) is 6.08. The van der Waals surface area contributed by atoms with Gasteiger partial charge in [-0.15, -0.1) is 0 Å². The quantitative estimate of drug-likeness (QED) is 0.516. The van der Waals surface area contributed by atoms with Gasteiger partial charge < -0.3 is 0 Å². The van der Waals surface area contributed by atoms with Crippen LogP contribution in [0.5, 0.6) is 0 Å². The van der Waals surface area contributed by atoms with Crippen LogP contribution < -0.4 is 0 Å². The van der Waals surface area contributed by atoms with E-state index in [0.717, 1.165) is 4.75 Å². The van der Waals surface area contributed by atoms with Crippen LogP contribution in [0.3, 0.4) is 0 Å². The first-order chi connectivity index (χ1) is 2.94. The van der Waals surface area contributed by atoms with E-state index in [1.165, 1.54) is 0 Å². The summed E-state index contributed by atoms with van der Waals surface area (Å²) in [6.45, 7) is 4.54. The molecule has 0 aliphatic rings. The minimum atomic E-state index is -1.42. The van der Waals surface area contributed by atoms with E-state index in [1.54, 1.807) is 0 Å². The van der Waals surface area contributed by atoms with Gasteiger partial charge in [0.15, 0.2) is 0 Å². The molecule has 1 radical (unpaired) electrons. The summed E-state index contributed by atoms with van der Waals surface area (Å²) in [6.07, 6.45) is 0. The van der Waals surface area contributed by atoms with Crippen LogP contribution in [0.15, 0.2) is 0 Å². The molecule has 0 saturated heterocycles. The van der Waals surface area contributed by atoms with Gasteiger partial charge in [-0.3, -0.25) is 0 Å². The Hall–Kier alpha value is 0.543. The molecular weight excluding hydrogens is 145 g/mol. The van der Waals surface area contributed by atoms with Crippen LogP contribution in [0.25, 0.3) is 0 Å². The van der Waals surface area contributed by atoms with Crippen molar-refractivity contribution >= 4 is 13.3 Å². The van der Waals surface area contributed by atoms with Crippen LogP contribution in [-0.4, -0.2) is 13.3 Å². The van der Waals surface area contributed by atoms with Crippen molar-refractivity contribution in [3.05, 3.63) is 5.76 Å². The summed E-state index contributed by atoms with van der Waals surface area (Å²) in [5.74, 6) is 8.83. The van der Waals surface area contributed by atoms with Crippen LogP contribution in [0.2, 0.25) is 16.3 Å². The first-order valence-electron chi connectivity index (χ1n) is 2.80. The fourth-order valence-corrected chi connectivity index (χ4v) is 0. The van der Waals surface area contributed by atoms with E-state index < -0.39 is 13.3 Å². The third kappa shape index (κ3) is 3.15. The monoisotopic (exact) mass is 161 g/mol. The van der Waals surface area contributed by atoms with Gasteiger partial charge in [0.1, 0.15) is 0 Å².